The van der Waals surface area contributed by atoms with Crippen molar-refractivity contribution < 1.29 is 4.79 Å². The van der Waals surface area contributed by atoms with E-state index in [0.717, 1.165) is 5.69 Å². The third-order valence-corrected chi connectivity index (χ3v) is 2.36. The molecule has 0 saturated heterocycles. The number of aryl methyl sites for hydroxylation is 1. The van der Waals surface area contributed by atoms with Crippen LogP contribution >= 0.6 is 24.8 Å². The summed E-state index contributed by atoms with van der Waals surface area (Å²) in [5.74, 6) is 0.176. The van der Waals surface area contributed by atoms with Gasteiger partial charge in [-0.05, 0) is 19.9 Å². The minimum absolute atomic E-state index is 0. The van der Waals surface area contributed by atoms with Crippen LogP contribution in [-0.2, 0) is 0 Å². The van der Waals surface area contributed by atoms with Crippen LogP contribution < -0.4 is 11.1 Å². The van der Waals surface area contributed by atoms with Gasteiger partial charge in [0.15, 0.2) is 0 Å². The molecule has 0 fully saturated rings. The zero-order valence-electron chi connectivity index (χ0n) is 10.5. The van der Waals surface area contributed by atoms with Crippen molar-refractivity contribution in [1.29, 1.82) is 0 Å². The van der Waals surface area contributed by atoms with Crippen molar-refractivity contribution in [3.63, 3.8) is 0 Å². The third-order valence-electron chi connectivity index (χ3n) is 2.36. The van der Waals surface area contributed by atoms with Gasteiger partial charge in [-0.3, -0.25) is 4.79 Å². The Balaban J connectivity index is 0.00000162. The Morgan fingerprint density at radius 1 is 1.53 bits per heavy atom. The van der Waals surface area contributed by atoms with Gasteiger partial charge in [-0.25, -0.2) is 9.50 Å². The number of halogens is 2. The van der Waals surface area contributed by atoms with E-state index in [1.807, 2.05) is 13.8 Å². The molecular weight excluding hydrogens is 291 g/mol. The van der Waals surface area contributed by atoms with Crippen LogP contribution in [0, 0.1) is 6.92 Å². The number of amides is 1. The van der Waals surface area contributed by atoms with Crippen molar-refractivity contribution >= 4 is 36.5 Å². The first-order valence-corrected chi connectivity index (χ1v) is 5.31. The van der Waals surface area contributed by atoms with Gasteiger partial charge in [0.05, 0.1) is 0 Å². The summed E-state index contributed by atoms with van der Waals surface area (Å²) in [6.07, 6.45) is 1.63. The maximum Gasteiger partial charge on any atom is 0.291 e. The largest absolute Gasteiger partial charge is 0.346 e. The highest BCUT2D eigenvalue weighted by atomic mass is 35.5. The molecule has 0 saturated carbocycles. The van der Waals surface area contributed by atoms with Gasteiger partial charge in [0.1, 0.15) is 0 Å². The highest BCUT2D eigenvalue weighted by Crippen LogP contribution is 2.01. The smallest absolute Gasteiger partial charge is 0.291 e. The van der Waals surface area contributed by atoms with Crippen molar-refractivity contribution in [2.24, 2.45) is 5.73 Å². The zero-order valence-corrected chi connectivity index (χ0v) is 12.2. The van der Waals surface area contributed by atoms with Gasteiger partial charge >= 0.3 is 0 Å². The van der Waals surface area contributed by atoms with Crippen LogP contribution in [0.5, 0.6) is 0 Å². The van der Waals surface area contributed by atoms with Crippen LogP contribution in [0.1, 0.15) is 23.2 Å². The molecule has 0 aromatic carbocycles. The minimum atomic E-state index is -0.340. The monoisotopic (exact) mass is 306 g/mol. The number of aromatic nitrogens is 4. The number of nitrogens with zero attached hydrogens (tertiary/aromatic N) is 4. The molecule has 2 heterocycles. The molecule has 0 unspecified atom stereocenters. The fourth-order valence-electron chi connectivity index (χ4n) is 1.35. The highest BCUT2D eigenvalue weighted by molar-refractivity contribution is 5.91. The Bertz CT molecular complexity index is 558. The SMILES string of the molecule is Cc1ccnc2nc(C(=O)N[C@@H](C)CN)nn12.Cl.Cl. The van der Waals surface area contributed by atoms with Gasteiger partial charge in [-0.1, -0.05) is 0 Å². The number of rotatable bonds is 3. The molecule has 2 rings (SSSR count). The lowest BCUT2D eigenvalue weighted by Crippen LogP contribution is -2.38. The molecule has 2 aromatic rings. The molecule has 9 heteroatoms. The van der Waals surface area contributed by atoms with Crippen LogP contribution in [0.15, 0.2) is 12.3 Å². The first-order valence-electron chi connectivity index (χ1n) is 5.31. The Kier molecular flexibility index (Phi) is 6.68. The van der Waals surface area contributed by atoms with E-state index in [2.05, 4.69) is 20.4 Å². The molecular formula is C10H16Cl2N6O. The van der Waals surface area contributed by atoms with Crippen LogP contribution in [0.3, 0.4) is 0 Å². The lowest BCUT2D eigenvalue weighted by atomic mass is 10.3. The number of fused-ring (bicyclic) bond motifs is 1. The lowest BCUT2D eigenvalue weighted by Gasteiger charge is -2.08. The molecule has 0 spiro atoms. The lowest BCUT2D eigenvalue weighted by molar-refractivity contribution is 0.0931. The van der Waals surface area contributed by atoms with E-state index in [1.165, 1.54) is 4.52 Å². The first-order chi connectivity index (χ1) is 8.11. The average molecular weight is 307 g/mol. The second-order valence-electron chi connectivity index (χ2n) is 3.84. The van der Waals surface area contributed by atoms with Gasteiger partial charge in [0.25, 0.3) is 11.7 Å². The quantitative estimate of drug-likeness (QED) is 0.853. The predicted molar refractivity (Wildman–Crippen MR) is 76.0 cm³/mol. The molecule has 0 aliphatic heterocycles. The number of nitrogens with two attached hydrogens (primary N) is 1. The third kappa shape index (κ3) is 3.76. The van der Waals surface area contributed by atoms with Gasteiger partial charge in [-0.15, -0.1) is 29.9 Å². The topological polar surface area (TPSA) is 98.2 Å². The Labute approximate surface area is 122 Å². The van der Waals surface area contributed by atoms with Crippen molar-refractivity contribution in [3.05, 3.63) is 23.8 Å². The summed E-state index contributed by atoms with van der Waals surface area (Å²) in [6.45, 7) is 4.06. The Morgan fingerprint density at radius 2 is 2.21 bits per heavy atom. The van der Waals surface area contributed by atoms with E-state index in [1.54, 1.807) is 12.3 Å². The fourth-order valence-corrected chi connectivity index (χ4v) is 1.35. The summed E-state index contributed by atoms with van der Waals surface area (Å²) in [4.78, 5) is 19.8. The van der Waals surface area contributed by atoms with Gasteiger partial charge in [0, 0.05) is 24.5 Å². The maximum atomic E-state index is 11.8. The second-order valence-corrected chi connectivity index (χ2v) is 3.84. The van der Waals surface area contributed by atoms with Crippen molar-refractivity contribution in [3.8, 4) is 0 Å². The highest BCUT2D eigenvalue weighted by Gasteiger charge is 2.15. The summed E-state index contributed by atoms with van der Waals surface area (Å²) < 4.78 is 1.53. The summed E-state index contributed by atoms with van der Waals surface area (Å²) in [7, 11) is 0. The number of hydrogen-bond acceptors (Lipinski definition) is 5. The van der Waals surface area contributed by atoms with E-state index in [0.29, 0.717) is 12.3 Å². The van der Waals surface area contributed by atoms with Crippen LogP contribution in [0.4, 0.5) is 0 Å². The van der Waals surface area contributed by atoms with E-state index in [9.17, 15) is 4.79 Å². The van der Waals surface area contributed by atoms with Crippen LogP contribution in [0.2, 0.25) is 0 Å². The van der Waals surface area contributed by atoms with Gasteiger partial charge in [0.2, 0.25) is 5.82 Å². The molecule has 106 valence electrons. The van der Waals surface area contributed by atoms with Crippen molar-refractivity contribution in [2.75, 3.05) is 6.54 Å². The maximum absolute atomic E-state index is 11.8. The minimum Gasteiger partial charge on any atom is -0.346 e. The molecule has 0 aliphatic rings. The normalized spacial score (nSPS) is 11.3. The molecule has 7 nitrogen and oxygen atoms in total. The number of nitrogens with one attached hydrogen (secondary N) is 1. The van der Waals surface area contributed by atoms with Gasteiger partial charge < -0.3 is 11.1 Å². The number of carbonyl (C=O) groups is 1. The second kappa shape index (κ2) is 7.22. The molecule has 0 aliphatic carbocycles. The number of hydrogen-bond donors (Lipinski definition) is 2. The average Bonchev–Trinajstić information content (AvgIpc) is 2.74. The zero-order chi connectivity index (χ0) is 12.4. The van der Waals surface area contributed by atoms with Crippen molar-refractivity contribution in [2.45, 2.75) is 19.9 Å². The van der Waals surface area contributed by atoms with Crippen molar-refractivity contribution in [1.82, 2.24) is 24.9 Å². The first kappa shape index (κ1) is 17.6. The van der Waals surface area contributed by atoms with E-state index in [-0.39, 0.29) is 42.6 Å². The van der Waals surface area contributed by atoms with E-state index >= 15 is 0 Å². The number of carbonyl (C=O) groups excluding carboxylic acids is 1. The predicted octanol–water partition coefficient (Wildman–Crippen LogP) is 0.353. The van der Waals surface area contributed by atoms with E-state index in [4.69, 9.17) is 5.73 Å². The molecule has 1 amide bonds. The molecule has 2 aromatic heterocycles. The summed E-state index contributed by atoms with van der Waals surface area (Å²) in [5.41, 5.74) is 6.29. The van der Waals surface area contributed by atoms with Crippen LogP contribution in [-0.4, -0.2) is 38.1 Å². The molecule has 0 bridgehead atoms. The molecule has 3 N–H and O–H groups in total. The Hall–Kier alpha value is -1.44. The Morgan fingerprint density at radius 3 is 2.79 bits per heavy atom. The summed E-state index contributed by atoms with van der Waals surface area (Å²) in [5, 5.41) is 6.79. The van der Waals surface area contributed by atoms with Crippen LogP contribution in [0.25, 0.3) is 5.78 Å². The molecule has 19 heavy (non-hydrogen) atoms. The molecule has 0 radical (unpaired) electrons. The van der Waals surface area contributed by atoms with E-state index < -0.39 is 0 Å². The fraction of sp³-hybridized carbons (Fsp3) is 0.400. The standard InChI is InChI=1S/C10H14N6O.2ClH/c1-6(5-11)13-9(17)8-14-10-12-4-3-7(2)16(10)15-8;;/h3-4,6H,5,11H2,1-2H3,(H,13,17);2*1H/t6-;;/m0../s1. The molecule has 1 atom stereocenters. The summed E-state index contributed by atoms with van der Waals surface area (Å²) in [6, 6.07) is 1.69. The van der Waals surface area contributed by atoms with Gasteiger partial charge in [-0.2, -0.15) is 4.98 Å². The summed E-state index contributed by atoms with van der Waals surface area (Å²) >= 11 is 0.